The molecule has 0 amide bonds. The Labute approximate surface area is 137 Å². The first kappa shape index (κ1) is 16.1. The minimum absolute atomic E-state index is 0.833. The number of allylic oxidation sites excluding steroid dienone is 6. The molecule has 0 aromatic heterocycles. The van der Waals surface area contributed by atoms with E-state index in [9.17, 15) is 0 Å². The zero-order valence-electron chi connectivity index (χ0n) is 14.6. The van der Waals surface area contributed by atoms with E-state index in [1.165, 1.54) is 57.8 Å². The van der Waals surface area contributed by atoms with Gasteiger partial charge in [-0.15, -0.1) is 0 Å². The van der Waals surface area contributed by atoms with Gasteiger partial charge in [0.15, 0.2) is 0 Å². The summed E-state index contributed by atoms with van der Waals surface area (Å²) in [5.74, 6) is 4.75. The number of unbranched alkanes of at least 4 members (excludes halogenated alkanes) is 3. The van der Waals surface area contributed by atoms with Crippen LogP contribution >= 0.6 is 0 Å². The normalized spacial score (nSPS) is 38.8. The van der Waals surface area contributed by atoms with E-state index in [1.807, 2.05) is 0 Å². The molecule has 4 rings (SSSR count). The lowest BCUT2D eigenvalue weighted by Crippen LogP contribution is -2.06. The third-order valence-corrected chi connectivity index (χ3v) is 6.36. The van der Waals surface area contributed by atoms with Crippen molar-refractivity contribution in [2.24, 2.45) is 29.6 Å². The summed E-state index contributed by atoms with van der Waals surface area (Å²) in [4.78, 5) is 0. The first-order chi connectivity index (χ1) is 10.8. The van der Waals surface area contributed by atoms with Crippen molar-refractivity contribution in [2.75, 3.05) is 0 Å². The van der Waals surface area contributed by atoms with Crippen molar-refractivity contribution < 1.29 is 0 Å². The Morgan fingerprint density at radius 3 is 2.32 bits per heavy atom. The molecular weight excluding hydrogens is 264 g/mol. The second-order valence-electron chi connectivity index (χ2n) is 7.94. The lowest BCUT2D eigenvalue weighted by atomic mass is 9.88. The van der Waals surface area contributed by atoms with Gasteiger partial charge in [0, 0.05) is 0 Å². The molecule has 0 heterocycles. The highest BCUT2D eigenvalue weighted by molar-refractivity contribution is 5.26. The van der Waals surface area contributed by atoms with Gasteiger partial charge in [0.1, 0.15) is 0 Å². The van der Waals surface area contributed by atoms with E-state index in [2.05, 4.69) is 44.2 Å². The molecule has 5 atom stereocenters. The third-order valence-electron chi connectivity index (χ3n) is 6.36. The predicted molar refractivity (Wildman–Crippen MR) is 96.7 cm³/mol. The van der Waals surface area contributed by atoms with Crippen molar-refractivity contribution in [1.82, 2.24) is 0 Å². The van der Waals surface area contributed by atoms with Crippen LogP contribution in [0.3, 0.4) is 0 Å². The van der Waals surface area contributed by atoms with Gasteiger partial charge in [0.2, 0.25) is 0 Å². The lowest BCUT2D eigenvalue weighted by molar-refractivity contribution is 0.395. The monoisotopic (exact) mass is 298 g/mol. The molecule has 0 aromatic carbocycles. The van der Waals surface area contributed by atoms with Crippen LogP contribution in [0, 0.1) is 29.6 Å². The van der Waals surface area contributed by atoms with Crippen LogP contribution < -0.4 is 0 Å². The fourth-order valence-corrected chi connectivity index (χ4v) is 5.05. The van der Waals surface area contributed by atoms with Gasteiger partial charge in [-0.1, -0.05) is 68.6 Å². The molecule has 0 N–H and O–H groups in total. The lowest BCUT2D eigenvalue weighted by Gasteiger charge is -2.17. The molecule has 22 heavy (non-hydrogen) atoms. The van der Waals surface area contributed by atoms with Crippen molar-refractivity contribution in [3.63, 3.8) is 0 Å². The Balaban J connectivity index is 0.000000139. The molecule has 4 aliphatic carbocycles. The van der Waals surface area contributed by atoms with Crippen LogP contribution in [-0.4, -0.2) is 0 Å². The van der Waals surface area contributed by atoms with Crippen LogP contribution in [0.2, 0.25) is 0 Å². The van der Waals surface area contributed by atoms with Crippen molar-refractivity contribution in [2.45, 2.75) is 71.6 Å². The Kier molecular flexibility index (Phi) is 5.61. The zero-order valence-corrected chi connectivity index (χ0v) is 14.6. The first-order valence-corrected chi connectivity index (χ1v) is 9.81. The van der Waals surface area contributed by atoms with E-state index >= 15 is 0 Å². The van der Waals surface area contributed by atoms with Gasteiger partial charge >= 0.3 is 0 Å². The molecule has 0 aromatic rings. The quantitative estimate of drug-likeness (QED) is 0.391. The summed E-state index contributed by atoms with van der Waals surface area (Å²) in [6.07, 6.45) is 25.0. The van der Waals surface area contributed by atoms with E-state index in [-0.39, 0.29) is 0 Å². The molecule has 122 valence electrons. The topological polar surface area (TPSA) is 0 Å². The standard InChI is InChI=1S/C13H22.C9H12/c1-2-3-4-5-6-12-9-11-7-8-13(12)10-11;1-2-8-5-7-3-4-9(8)6-7/h7-8,11-13H,2-6,9-10H2,1H3;2-4,7,9H,5-6H2,1H3. The molecule has 2 saturated carbocycles. The van der Waals surface area contributed by atoms with Gasteiger partial charge in [-0.25, -0.2) is 0 Å². The van der Waals surface area contributed by atoms with E-state index in [0.29, 0.717) is 0 Å². The van der Waals surface area contributed by atoms with Gasteiger partial charge in [-0.3, -0.25) is 0 Å². The molecule has 0 saturated heterocycles. The highest BCUT2D eigenvalue weighted by atomic mass is 14.4. The molecule has 2 fully saturated rings. The fourth-order valence-electron chi connectivity index (χ4n) is 5.05. The van der Waals surface area contributed by atoms with Crippen LogP contribution in [0.4, 0.5) is 0 Å². The molecule has 0 nitrogen and oxygen atoms in total. The summed E-state index contributed by atoms with van der Waals surface area (Å²) in [5, 5.41) is 0. The Morgan fingerprint density at radius 2 is 1.82 bits per heavy atom. The minimum Gasteiger partial charge on any atom is -0.0878 e. The smallest absolute Gasteiger partial charge is 0.00174 e. The van der Waals surface area contributed by atoms with Crippen molar-refractivity contribution in [3.8, 4) is 0 Å². The Bertz CT molecular complexity index is 439. The Morgan fingerprint density at radius 1 is 0.955 bits per heavy atom. The van der Waals surface area contributed by atoms with Gasteiger partial charge in [-0.2, -0.15) is 0 Å². The average molecular weight is 299 g/mol. The minimum atomic E-state index is 0.833. The van der Waals surface area contributed by atoms with Crippen molar-refractivity contribution >= 4 is 0 Å². The average Bonchev–Trinajstić information content (AvgIpc) is 3.32. The number of hydrogen-bond donors (Lipinski definition) is 0. The maximum absolute atomic E-state index is 2.48. The summed E-state index contributed by atoms with van der Waals surface area (Å²) < 4.78 is 0. The highest BCUT2D eigenvalue weighted by Gasteiger charge is 2.34. The second kappa shape index (κ2) is 7.66. The summed E-state index contributed by atoms with van der Waals surface area (Å²) in [7, 11) is 0. The van der Waals surface area contributed by atoms with Crippen molar-refractivity contribution in [1.29, 1.82) is 0 Å². The second-order valence-corrected chi connectivity index (χ2v) is 7.94. The number of fused-ring (bicyclic) bond motifs is 4. The predicted octanol–water partition coefficient (Wildman–Crippen LogP) is 6.70. The van der Waals surface area contributed by atoms with E-state index in [1.54, 1.807) is 5.57 Å². The van der Waals surface area contributed by atoms with Crippen LogP contribution in [0.25, 0.3) is 0 Å². The van der Waals surface area contributed by atoms with E-state index in [4.69, 9.17) is 0 Å². The van der Waals surface area contributed by atoms with E-state index in [0.717, 1.165) is 29.6 Å². The van der Waals surface area contributed by atoms with E-state index < -0.39 is 0 Å². The maximum atomic E-state index is 2.48. The molecular formula is C22H34. The van der Waals surface area contributed by atoms with Crippen LogP contribution in [0.5, 0.6) is 0 Å². The molecule has 4 bridgehead atoms. The first-order valence-electron chi connectivity index (χ1n) is 9.81. The van der Waals surface area contributed by atoms with Crippen LogP contribution in [-0.2, 0) is 0 Å². The zero-order chi connectivity index (χ0) is 15.4. The van der Waals surface area contributed by atoms with Crippen LogP contribution in [0.1, 0.15) is 71.6 Å². The highest BCUT2D eigenvalue weighted by Crippen LogP contribution is 2.45. The molecule has 0 spiro atoms. The van der Waals surface area contributed by atoms with Gasteiger partial charge in [-0.05, 0) is 68.6 Å². The molecule has 0 radical (unpaired) electrons. The fraction of sp³-hybridized carbons (Fsp3) is 0.727. The molecule has 0 heteroatoms. The largest absolute Gasteiger partial charge is 0.0878 e. The third kappa shape index (κ3) is 3.76. The summed E-state index contributed by atoms with van der Waals surface area (Å²) >= 11 is 0. The summed E-state index contributed by atoms with van der Waals surface area (Å²) in [6.45, 7) is 4.45. The number of rotatable bonds is 5. The summed E-state index contributed by atoms with van der Waals surface area (Å²) in [6, 6.07) is 0. The maximum Gasteiger partial charge on any atom is -0.00174 e. The number of hydrogen-bond acceptors (Lipinski definition) is 0. The molecule has 4 aliphatic rings. The molecule has 5 unspecified atom stereocenters. The van der Waals surface area contributed by atoms with Crippen LogP contribution in [0.15, 0.2) is 36.0 Å². The Hall–Kier alpha value is -0.780. The summed E-state index contributed by atoms with van der Waals surface area (Å²) in [5.41, 5.74) is 1.67. The van der Waals surface area contributed by atoms with Crippen molar-refractivity contribution in [3.05, 3.63) is 36.0 Å². The molecule has 0 aliphatic heterocycles. The van der Waals surface area contributed by atoms with Gasteiger partial charge < -0.3 is 0 Å². The van der Waals surface area contributed by atoms with Gasteiger partial charge in [0.25, 0.3) is 0 Å². The SMILES string of the molecule is CC=C1CC2C=CC1C2.CCCCCCC1CC2C=CC1C2. The van der Waals surface area contributed by atoms with Gasteiger partial charge in [0.05, 0.1) is 0 Å².